The highest BCUT2D eigenvalue weighted by Gasteiger charge is 2.18. The van der Waals surface area contributed by atoms with Crippen molar-refractivity contribution < 1.29 is 13.9 Å². The summed E-state index contributed by atoms with van der Waals surface area (Å²) in [5, 5.41) is 2.87. The molecule has 3 rings (SSSR count). The zero-order chi connectivity index (χ0) is 13.4. The number of carbonyl (C=O) groups is 1. The maximum atomic E-state index is 11.9. The van der Waals surface area contributed by atoms with E-state index >= 15 is 0 Å². The SMILES string of the molecule is CCOC(=O)c1coc2c(Br)c3ccccc3cc12. The Morgan fingerprint density at radius 3 is 2.89 bits per heavy atom. The van der Waals surface area contributed by atoms with Crippen molar-refractivity contribution in [2.75, 3.05) is 6.61 Å². The lowest BCUT2D eigenvalue weighted by molar-refractivity contribution is 0.0527. The number of benzene rings is 2. The number of ether oxygens (including phenoxy) is 1. The number of furan rings is 1. The van der Waals surface area contributed by atoms with Crippen molar-refractivity contribution in [2.45, 2.75) is 6.92 Å². The zero-order valence-corrected chi connectivity index (χ0v) is 11.9. The van der Waals surface area contributed by atoms with Crippen LogP contribution in [0.4, 0.5) is 0 Å². The normalized spacial score (nSPS) is 11.1. The Morgan fingerprint density at radius 1 is 1.32 bits per heavy atom. The molecule has 0 saturated carbocycles. The summed E-state index contributed by atoms with van der Waals surface area (Å²) < 4.78 is 11.4. The minimum atomic E-state index is -0.358. The van der Waals surface area contributed by atoms with Crippen LogP contribution in [0.15, 0.2) is 45.5 Å². The van der Waals surface area contributed by atoms with Crippen LogP contribution in [-0.4, -0.2) is 12.6 Å². The molecule has 4 heteroatoms. The highest BCUT2D eigenvalue weighted by Crippen LogP contribution is 2.35. The minimum absolute atomic E-state index is 0.347. The molecule has 0 N–H and O–H groups in total. The molecule has 0 aliphatic heterocycles. The van der Waals surface area contributed by atoms with Crippen LogP contribution in [0.2, 0.25) is 0 Å². The van der Waals surface area contributed by atoms with Crippen LogP contribution in [0, 0.1) is 0 Å². The largest absolute Gasteiger partial charge is 0.462 e. The van der Waals surface area contributed by atoms with Crippen LogP contribution in [0.1, 0.15) is 17.3 Å². The maximum absolute atomic E-state index is 11.9. The van der Waals surface area contributed by atoms with Crippen molar-refractivity contribution >= 4 is 43.6 Å². The van der Waals surface area contributed by atoms with E-state index in [1.807, 2.05) is 30.3 Å². The number of carbonyl (C=O) groups excluding carboxylic acids is 1. The lowest BCUT2D eigenvalue weighted by atomic mass is 10.1. The molecular weight excluding hydrogens is 308 g/mol. The van der Waals surface area contributed by atoms with Crippen molar-refractivity contribution in [3.63, 3.8) is 0 Å². The standard InChI is InChI=1S/C15H11BrO3/c1-2-18-15(17)12-8-19-14-11(12)7-9-5-3-4-6-10(9)13(14)16/h3-8H,2H2,1H3. The molecule has 2 aromatic carbocycles. The second kappa shape index (κ2) is 4.70. The molecule has 0 radical (unpaired) electrons. The molecule has 0 fully saturated rings. The van der Waals surface area contributed by atoms with Gasteiger partial charge in [0, 0.05) is 5.39 Å². The topological polar surface area (TPSA) is 39.4 Å². The maximum Gasteiger partial charge on any atom is 0.342 e. The van der Waals surface area contributed by atoms with Gasteiger partial charge in [0.05, 0.1) is 11.1 Å². The molecule has 19 heavy (non-hydrogen) atoms. The molecular formula is C15H11BrO3. The first kappa shape index (κ1) is 12.2. The molecule has 0 aliphatic carbocycles. The molecule has 0 amide bonds. The lowest BCUT2D eigenvalue weighted by Gasteiger charge is -2.03. The summed E-state index contributed by atoms with van der Waals surface area (Å²) in [5.74, 6) is -0.358. The monoisotopic (exact) mass is 318 g/mol. The van der Waals surface area contributed by atoms with Gasteiger partial charge in [-0.25, -0.2) is 4.79 Å². The smallest absolute Gasteiger partial charge is 0.342 e. The van der Waals surface area contributed by atoms with Crippen LogP contribution >= 0.6 is 15.9 Å². The molecule has 1 aromatic heterocycles. The van der Waals surface area contributed by atoms with Crippen molar-refractivity contribution in [1.82, 2.24) is 0 Å². The first-order valence-corrected chi connectivity index (χ1v) is 6.77. The fourth-order valence-corrected chi connectivity index (χ4v) is 2.82. The number of rotatable bonds is 2. The molecule has 0 bridgehead atoms. The number of halogens is 1. The van der Waals surface area contributed by atoms with Gasteiger partial charge in [-0.3, -0.25) is 0 Å². The highest BCUT2D eigenvalue weighted by molar-refractivity contribution is 9.10. The third kappa shape index (κ3) is 1.92. The summed E-state index contributed by atoms with van der Waals surface area (Å²) >= 11 is 3.54. The van der Waals surface area contributed by atoms with E-state index in [1.165, 1.54) is 6.26 Å². The predicted octanol–water partition coefficient (Wildman–Crippen LogP) is 4.53. The molecule has 0 unspecified atom stereocenters. The number of esters is 1. The zero-order valence-electron chi connectivity index (χ0n) is 10.3. The Bertz CT molecular complexity index is 774. The number of hydrogen-bond donors (Lipinski definition) is 0. The van der Waals surface area contributed by atoms with E-state index in [1.54, 1.807) is 6.92 Å². The molecule has 0 spiro atoms. The lowest BCUT2D eigenvalue weighted by Crippen LogP contribution is -2.03. The van der Waals surface area contributed by atoms with Gasteiger partial charge < -0.3 is 9.15 Å². The number of hydrogen-bond acceptors (Lipinski definition) is 3. The molecule has 96 valence electrons. The Morgan fingerprint density at radius 2 is 2.11 bits per heavy atom. The van der Waals surface area contributed by atoms with Crippen LogP contribution in [0.25, 0.3) is 21.7 Å². The van der Waals surface area contributed by atoms with Crippen molar-refractivity contribution in [1.29, 1.82) is 0 Å². The molecule has 1 heterocycles. The third-order valence-corrected chi connectivity index (χ3v) is 3.81. The summed E-state index contributed by atoms with van der Waals surface area (Å²) in [5.41, 5.74) is 1.13. The van der Waals surface area contributed by atoms with E-state index < -0.39 is 0 Å². The fourth-order valence-electron chi connectivity index (χ4n) is 2.15. The summed E-state index contributed by atoms with van der Waals surface area (Å²) in [6.45, 7) is 2.13. The van der Waals surface area contributed by atoms with Gasteiger partial charge in [-0.2, -0.15) is 0 Å². The van der Waals surface area contributed by atoms with E-state index in [9.17, 15) is 4.79 Å². The van der Waals surface area contributed by atoms with E-state index in [0.29, 0.717) is 17.8 Å². The Balaban J connectivity index is 2.31. The van der Waals surface area contributed by atoms with Gasteiger partial charge in [-0.05, 0) is 39.7 Å². The first-order chi connectivity index (χ1) is 9.22. The molecule has 3 nitrogen and oxygen atoms in total. The second-order valence-electron chi connectivity index (χ2n) is 4.16. The van der Waals surface area contributed by atoms with Crippen molar-refractivity contribution in [3.8, 4) is 0 Å². The van der Waals surface area contributed by atoms with Gasteiger partial charge in [0.1, 0.15) is 17.4 Å². The fraction of sp³-hybridized carbons (Fsp3) is 0.133. The van der Waals surface area contributed by atoms with Gasteiger partial charge in [-0.1, -0.05) is 24.3 Å². The van der Waals surface area contributed by atoms with Crippen LogP contribution < -0.4 is 0 Å². The van der Waals surface area contributed by atoms with E-state index in [0.717, 1.165) is 20.6 Å². The van der Waals surface area contributed by atoms with Crippen molar-refractivity contribution in [3.05, 3.63) is 46.6 Å². The van der Waals surface area contributed by atoms with E-state index in [2.05, 4.69) is 15.9 Å². The highest BCUT2D eigenvalue weighted by atomic mass is 79.9. The van der Waals surface area contributed by atoms with Gasteiger partial charge in [0.15, 0.2) is 0 Å². The first-order valence-electron chi connectivity index (χ1n) is 5.98. The van der Waals surface area contributed by atoms with Gasteiger partial charge in [0.2, 0.25) is 0 Å². The Labute approximate surface area is 118 Å². The Kier molecular flexibility index (Phi) is 3.03. The van der Waals surface area contributed by atoms with E-state index in [4.69, 9.17) is 9.15 Å². The third-order valence-electron chi connectivity index (χ3n) is 3.02. The van der Waals surface area contributed by atoms with Gasteiger partial charge in [0.25, 0.3) is 0 Å². The molecule has 0 atom stereocenters. The van der Waals surface area contributed by atoms with E-state index in [-0.39, 0.29) is 5.97 Å². The van der Waals surface area contributed by atoms with Crippen LogP contribution in [-0.2, 0) is 4.74 Å². The summed E-state index contributed by atoms with van der Waals surface area (Å²) in [4.78, 5) is 11.9. The van der Waals surface area contributed by atoms with Crippen molar-refractivity contribution in [2.24, 2.45) is 0 Å². The predicted molar refractivity (Wildman–Crippen MR) is 77.4 cm³/mol. The summed E-state index contributed by atoms with van der Waals surface area (Å²) in [6, 6.07) is 9.89. The van der Waals surface area contributed by atoms with Gasteiger partial charge in [-0.15, -0.1) is 0 Å². The molecule has 3 aromatic rings. The molecule has 0 aliphatic rings. The second-order valence-corrected chi connectivity index (χ2v) is 4.95. The average Bonchev–Trinajstić information content (AvgIpc) is 2.83. The molecule has 0 saturated heterocycles. The minimum Gasteiger partial charge on any atom is -0.462 e. The Hall–Kier alpha value is -1.81. The summed E-state index contributed by atoms with van der Waals surface area (Å²) in [7, 11) is 0. The van der Waals surface area contributed by atoms with Gasteiger partial charge >= 0.3 is 5.97 Å². The summed E-state index contributed by atoms with van der Waals surface area (Å²) in [6.07, 6.45) is 1.45. The quantitative estimate of drug-likeness (QED) is 0.652. The van der Waals surface area contributed by atoms with Crippen LogP contribution in [0.3, 0.4) is 0 Å². The number of fused-ring (bicyclic) bond motifs is 2. The average molecular weight is 319 g/mol. The van der Waals surface area contributed by atoms with Crippen LogP contribution in [0.5, 0.6) is 0 Å².